The van der Waals surface area contributed by atoms with Gasteiger partial charge in [-0.2, -0.15) is 0 Å². The first-order chi connectivity index (χ1) is 8.18. The van der Waals surface area contributed by atoms with Crippen LogP contribution in [0, 0.1) is 5.82 Å². The molecule has 0 aliphatic heterocycles. The zero-order chi connectivity index (χ0) is 12.3. The minimum Gasteiger partial charge on any atom is -0.310 e. The van der Waals surface area contributed by atoms with Gasteiger partial charge in [0.15, 0.2) is 11.6 Å². The van der Waals surface area contributed by atoms with Crippen molar-refractivity contribution in [3.05, 3.63) is 42.4 Å². The SMILES string of the molecule is CC(C)NCc1ccnc(-n2ccnc2)c1F. The zero-order valence-corrected chi connectivity index (χ0v) is 9.89. The van der Waals surface area contributed by atoms with E-state index in [1.807, 2.05) is 13.8 Å². The summed E-state index contributed by atoms with van der Waals surface area (Å²) >= 11 is 0. The molecule has 2 aromatic rings. The molecule has 2 heterocycles. The fourth-order valence-corrected chi connectivity index (χ4v) is 1.49. The molecule has 0 fully saturated rings. The van der Waals surface area contributed by atoms with E-state index in [0.717, 1.165) is 0 Å². The second-order valence-corrected chi connectivity index (χ2v) is 4.11. The smallest absolute Gasteiger partial charge is 0.174 e. The summed E-state index contributed by atoms with van der Waals surface area (Å²) < 4.78 is 15.7. The van der Waals surface area contributed by atoms with Crippen LogP contribution < -0.4 is 5.32 Å². The lowest BCUT2D eigenvalue weighted by molar-refractivity contribution is 0.545. The molecule has 5 heteroatoms. The van der Waals surface area contributed by atoms with E-state index >= 15 is 0 Å². The Balaban J connectivity index is 2.27. The molecule has 90 valence electrons. The Morgan fingerprint density at radius 1 is 1.41 bits per heavy atom. The Bertz CT molecular complexity index is 479. The van der Waals surface area contributed by atoms with Gasteiger partial charge in [-0.1, -0.05) is 13.8 Å². The number of aromatic nitrogens is 3. The zero-order valence-electron chi connectivity index (χ0n) is 9.89. The van der Waals surface area contributed by atoms with E-state index < -0.39 is 0 Å². The van der Waals surface area contributed by atoms with E-state index in [1.165, 1.54) is 6.33 Å². The maximum atomic E-state index is 14.1. The molecule has 0 unspecified atom stereocenters. The Labute approximate surface area is 99.5 Å². The molecule has 0 aliphatic carbocycles. The number of hydrogen-bond acceptors (Lipinski definition) is 3. The minimum atomic E-state index is -0.307. The number of hydrogen-bond donors (Lipinski definition) is 1. The summed E-state index contributed by atoms with van der Waals surface area (Å²) in [6, 6.07) is 2.00. The molecule has 2 aromatic heterocycles. The summed E-state index contributed by atoms with van der Waals surface area (Å²) in [6.07, 6.45) is 6.41. The van der Waals surface area contributed by atoms with Crippen LogP contribution >= 0.6 is 0 Å². The molecule has 0 saturated heterocycles. The molecule has 0 atom stereocenters. The van der Waals surface area contributed by atoms with Gasteiger partial charge in [-0.25, -0.2) is 14.4 Å². The standard InChI is InChI=1S/C12H15FN4/c1-9(2)16-7-10-3-4-15-12(11(10)13)17-6-5-14-8-17/h3-6,8-9,16H,7H2,1-2H3. The van der Waals surface area contributed by atoms with Gasteiger partial charge in [0, 0.05) is 36.7 Å². The van der Waals surface area contributed by atoms with Crippen molar-refractivity contribution in [3.63, 3.8) is 0 Å². The first-order valence-electron chi connectivity index (χ1n) is 5.53. The lowest BCUT2D eigenvalue weighted by Gasteiger charge is -2.10. The van der Waals surface area contributed by atoms with Gasteiger partial charge in [0.05, 0.1) is 0 Å². The monoisotopic (exact) mass is 234 g/mol. The predicted octanol–water partition coefficient (Wildman–Crippen LogP) is 1.90. The van der Waals surface area contributed by atoms with Crippen LogP contribution in [-0.2, 0) is 6.54 Å². The minimum absolute atomic E-state index is 0.283. The van der Waals surface area contributed by atoms with Crippen LogP contribution in [-0.4, -0.2) is 20.6 Å². The van der Waals surface area contributed by atoms with Gasteiger partial charge in [0.2, 0.25) is 0 Å². The Kier molecular flexibility index (Phi) is 3.49. The molecule has 17 heavy (non-hydrogen) atoms. The van der Waals surface area contributed by atoms with Gasteiger partial charge >= 0.3 is 0 Å². The van der Waals surface area contributed by atoms with Crippen LogP contribution in [0.2, 0.25) is 0 Å². The highest BCUT2D eigenvalue weighted by Gasteiger charge is 2.10. The van der Waals surface area contributed by atoms with Crippen LogP contribution in [0.3, 0.4) is 0 Å². The maximum Gasteiger partial charge on any atom is 0.174 e. The predicted molar refractivity (Wildman–Crippen MR) is 63.3 cm³/mol. The highest BCUT2D eigenvalue weighted by Crippen LogP contribution is 2.14. The topological polar surface area (TPSA) is 42.7 Å². The fourth-order valence-electron chi connectivity index (χ4n) is 1.49. The largest absolute Gasteiger partial charge is 0.310 e. The third kappa shape index (κ3) is 2.68. The Morgan fingerprint density at radius 3 is 2.88 bits per heavy atom. The van der Waals surface area contributed by atoms with Gasteiger partial charge < -0.3 is 5.32 Å². The molecule has 0 amide bonds. The number of imidazole rings is 1. The van der Waals surface area contributed by atoms with Gasteiger partial charge in [-0.15, -0.1) is 0 Å². The molecular weight excluding hydrogens is 219 g/mol. The Hall–Kier alpha value is -1.75. The summed E-state index contributed by atoms with van der Waals surface area (Å²) in [7, 11) is 0. The summed E-state index contributed by atoms with van der Waals surface area (Å²) in [5.41, 5.74) is 0.609. The molecular formula is C12H15FN4. The van der Waals surface area contributed by atoms with E-state index in [-0.39, 0.29) is 11.6 Å². The number of pyridine rings is 1. The summed E-state index contributed by atoms with van der Waals surface area (Å²) in [6.45, 7) is 4.54. The third-order valence-corrected chi connectivity index (χ3v) is 2.40. The third-order valence-electron chi connectivity index (χ3n) is 2.40. The fraction of sp³-hybridized carbons (Fsp3) is 0.333. The number of halogens is 1. The quantitative estimate of drug-likeness (QED) is 0.878. The molecule has 0 aliphatic rings. The van der Waals surface area contributed by atoms with E-state index in [4.69, 9.17) is 0 Å². The molecule has 1 N–H and O–H groups in total. The second-order valence-electron chi connectivity index (χ2n) is 4.11. The van der Waals surface area contributed by atoms with Crippen molar-refractivity contribution in [1.82, 2.24) is 19.9 Å². The Morgan fingerprint density at radius 2 is 2.24 bits per heavy atom. The molecule has 0 spiro atoms. The molecule has 0 saturated carbocycles. The van der Waals surface area contributed by atoms with Gasteiger partial charge in [-0.05, 0) is 6.07 Å². The highest BCUT2D eigenvalue weighted by molar-refractivity contribution is 5.30. The van der Waals surface area contributed by atoms with Gasteiger partial charge in [-0.3, -0.25) is 4.57 Å². The van der Waals surface area contributed by atoms with E-state index in [0.29, 0.717) is 18.2 Å². The number of nitrogens with one attached hydrogen (secondary N) is 1. The van der Waals surface area contributed by atoms with E-state index in [9.17, 15) is 4.39 Å². The molecule has 0 aromatic carbocycles. The average molecular weight is 234 g/mol. The van der Waals surface area contributed by atoms with Crippen LogP contribution in [0.4, 0.5) is 4.39 Å². The van der Waals surface area contributed by atoms with Crippen molar-refractivity contribution < 1.29 is 4.39 Å². The van der Waals surface area contributed by atoms with Crippen LogP contribution in [0.15, 0.2) is 31.0 Å². The molecule has 4 nitrogen and oxygen atoms in total. The van der Waals surface area contributed by atoms with Crippen molar-refractivity contribution in [2.75, 3.05) is 0 Å². The lowest BCUT2D eigenvalue weighted by Crippen LogP contribution is -2.22. The van der Waals surface area contributed by atoms with E-state index in [1.54, 1.807) is 29.2 Å². The average Bonchev–Trinajstić information content (AvgIpc) is 2.81. The van der Waals surface area contributed by atoms with Crippen LogP contribution in [0.1, 0.15) is 19.4 Å². The van der Waals surface area contributed by atoms with Crippen molar-refractivity contribution in [3.8, 4) is 5.82 Å². The number of rotatable bonds is 4. The van der Waals surface area contributed by atoms with Gasteiger partial charge in [0.25, 0.3) is 0 Å². The van der Waals surface area contributed by atoms with Crippen molar-refractivity contribution in [2.45, 2.75) is 26.4 Å². The number of nitrogens with zero attached hydrogens (tertiary/aromatic N) is 3. The maximum absolute atomic E-state index is 14.1. The van der Waals surface area contributed by atoms with Crippen LogP contribution in [0.25, 0.3) is 5.82 Å². The lowest BCUT2D eigenvalue weighted by atomic mass is 10.2. The molecule has 2 rings (SSSR count). The van der Waals surface area contributed by atoms with Crippen molar-refractivity contribution in [1.29, 1.82) is 0 Å². The summed E-state index contributed by atoms with van der Waals surface area (Å²) in [4.78, 5) is 7.91. The van der Waals surface area contributed by atoms with Crippen LogP contribution in [0.5, 0.6) is 0 Å². The van der Waals surface area contributed by atoms with Crippen molar-refractivity contribution in [2.24, 2.45) is 0 Å². The first-order valence-corrected chi connectivity index (χ1v) is 5.53. The second kappa shape index (κ2) is 5.05. The van der Waals surface area contributed by atoms with Crippen molar-refractivity contribution >= 4 is 0 Å². The molecule has 0 bridgehead atoms. The molecule has 0 radical (unpaired) electrons. The van der Waals surface area contributed by atoms with Gasteiger partial charge in [0.1, 0.15) is 6.33 Å². The first kappa shape index (κ1) is 11.7. The highest BCUT2D eigenvalue weighted by atomic mass is 19.1. The normalized spacial score (nSPS) is 11.1. The summed E-state index contributed by atoms with van der Waals surface area (Å²) in [5.74, 6) is -0.0239. The van der Waals surface area contributed by atoms with E-state index in [2.05, 4.69) is 15.3 Å². The summed E-state index contributed by atoms with van der Waals surface area (Å²) in [5, 5.41) is 3.18.